The molecule has 1 aromatic carbocycles. The highest BCUT2D eigenvalue weighted by Gasteiger charge is 2.12. The summed E-state index contributed by atoms with van der Waals surface area (Å²) in [7, 11) is 0. The number of aryl methyl sites for hydroxylation is 3. The van der Waals surface area contributed by atoms with Crippen molar-refractivity contribution in [3.05, 3.63) is 58.4 Å². The SMILES string of the molecule is Cc1ccc(CC(O)c2cc(C)nnc2C)cc1. The number of rotatable bonds is 3. The molecule has 18 heavy (non-hydrogen) atoms. The smallest absolute Gasteiger partial charge is 0.0849 e. The summed E-state index contributed by atoms with van der Waals surface area (Å²) in [5.74, 6) is 0. The fourth-order valence-corrected chi connectivity index (χ4v) is 1.96. The van der Waals surface area contributed by atoms with Gasteiger partial charge in [-0.1, -0.05) is 29.8 Å². The van der Waals surface area contributed by atoms with Gasteiger partial charge in [0.1, 0.15) is 0 Å². The molecule has 94 valence electrons. The van der Waals surface area contributed by atoms with Crippen LogP contribution in [0, 0.1) is 20.8 Å². The van der Waals surface area contributed by atoms with Gasteiger partial charge in [0, 0.05) is 12.0 Å². The maximum absolute atomic E-state index is 10.3. The Balaban J connectivity index is 2.18. The molecule has 0 fully saturated rings. The van der Waals surface area contributed by atoms with Gasteiger partial charge in [0.2, 0.25) is 0 Å². The normalized spacial score (nSPS) is 12.4. The molecule has 0 radical (unpaired) electrons. The molecule has 0 spiro atoms. The molecular weight excluding hydrogens is 224 g/mol. The van der Waals surface area contributed by atoms with Gasteiger partial charge >= 0.3 is 0 Å². The third-order valence-corrected chi connectivity index (χ3v) is 3.05. The first kappa shape index (κ1) is 12.7. The van der Waals surface area contributed by atoms with Crippen LogP contribution in [0.15, 0.2) is 30.3 Å². The van der Waals surface area contributed by atoms with Crippen molar-refractivity contribution in [3.63, 3.8) is 0 Å². The lowest BCUT2D eigenvalue weighted by Crippen LogP contribution is -2.07. The predicted molar refractivity (Wildman–Crippen MR) is 71.3 cm³/mol. The van der Waals surface area contributed by atoms with Gasteiger partial charge in [0.15, 0.2) is 0 Å². The maximum Gasteiger partial charge on any atom is 0.0849 e. The maximum atomic E-state index is 10.3. The molecule has 0 aliphatic heterocycles. The zero-order valence-corrected chi connectivity index (χ0v) is 11.0. The number of nitrogens with zero attached hydrogens (tertiary/aromatic N) is 2. The second-order valence-corrected chi connectivity index (χ2v) is 4.73. The third kappa shape index (κ3) is 2.93. The van der Waals surface area contributed by atoms with Gasteiger partial charge in [-0.25, -0.2) is 0 Å². The second kappa shape index (κ2) is 5.27. The Morgan fingerprint density at radius 2 is 1.72 bits per heavy atom. The standard InChI is InChI=1S/C15H18N2O/c1-10-4-6-13(7-5-10)9-15(18)14-8-11(2)16-17-12(14)3/h4-8,15,18H,9H2,1-3H3. The van der Waals surface area contributed by atoms with Gasteiger partial charge < -0.3 is 5.11 Å². The van der Waals surface area contributed by atoms with E-state index in [2.05, 4.69) is 41.4 Å². The Hall–Kier alpha value is -1.74. The average molecular weight is 242 g/mol. The van der Waals surface area contributed by atoms with E-state index in [1.165, 1.54) is 5.56 Å². The number of hydrogen-bond donors (Lipinski definition) is 1. The van der Waals surface area contributed by atoms with Gasteiger partial charge in [0.25, 0.3) is 0 Å². The molecule has 0 bridgehead atoms. The van der Waals surface area contributed by atoms with Gasteiger partial charge in [-0.15, -0.1) is 0 Å². The minimum Gasteiger partial charge on any atom is -0.388 e. The van der Waals surface area contributed by atoms with Crippen LogP contribution in [0.4, 0.5) is 0 Å². The summed E-state index contributed by atoms with van der Waals surface area (Å²) >= 11 is 0. The van der Waals surface area contributed by atoms with E-state index in [1.54, 1.807) is 0 Å². The lowest BCUT2D eigenvalue weighted by atomic mass is 10.00. The average Bonchev–Trinajstić information content (AvgIpc) is 2.35. The van der Waals surface area contributed by atoms with Crippen molar-refractivity contribution in [1.82, 2.24) is 10.2 Å². The minimum absolute atomic E-state index is 0.526. The fraction of sp³-hybridized carbons (Fsp3) is 0.333. The van der Waals surface area contributed by atoms with Gasteiger partial charge in [-0.3, -0.25) is 0 Å². The lowest BCUT2D eigenvalue weighted by Gasteiger charge is -2.13. The number of benzene rings is 1. The third-order valence-electron chi connectivity index (χ3n) is 3.05. The molecule has 2 rings (SSSR count). The van der Waals surface area contributed by atoms with Crippen molar-refractivity contribution < 1.29 is 5.11 Å². The van der Waals surface area contributed by atoms with E-state index >= 15 is 0 Å². The highest BCUT2D eigenvalue weighted by molar-refractivity contribution is 5.27. The van der Waals surface area contributed by atoms with E-state index in [9.17, 15) is 5.11 Å². The Bertz CT molecular complexity index is 535. The van der Waals surface area contributed by atoms with E-state index in [0.29, 0.717) is 6.42 Å². The van der Waals surface area contributed by atoms with Crippen LogP contribution in [-0.4, -0.2) is 15.3 Å². The highest BCUT2D eigenvalue weighted by atomic mass is 16.3. The largest absolute Gasteiger partial charge is 0.388 e. The molecular formula is C15H18N2O. The summed E-state index contributed by atoms with van der Waals surface area (Å²) in [5.41, 5.74) is 4.84. The van der Waals surface area contributed by atoms with Crippen LogP contribution < -0.4 is 0 Å². The molecule has 0 saturated heterocycles. The van der Waals surface area contributed by atoms with Crippen LogP contribution in [0.3, 0.4) is 0 Å². The van der Waals surface area contributed by atoms with Crippen molar-refractivity contribution in [2.24, 2.45) is 0 Å². The van der Waals surface area contributed by atoms with Crippen LogP contribution >= 0.6 is 0 Å². The first-order valence-corrected chi connectivity index (χ1v) is 6.10. The predicted octanol–water partition coefficient (Wildman–Crippen LogP) is 2.68. The van der Waals surface area contributed by atoms with E-state index in [-0.39, 0.29) is 0 Å². The molecule has 0 amide bonds. The van der Waals surface area contributed by atoms with Crippen molar-refractivity contribution in [3.8, 4) is 0 Å². The highest BCUT2D eigenvalue weighted by Crippen LogP contribution is 2.20. The Morgan fingerprint density at radius 1 is 1.06 bits per heavy atom. The van der Waals surface area contributed by atoms with Crippen molar-refractivity contribution in [2.45, 2.75) is 33.3 Å². The Morgan fingerprint density at radius 3 is 2.39 bits per heavy atom. The molecule has 3 nitrogen and oxygen atoms in total. The van der Waals surface area contributed by atoms with Gasteiger partial charge in [-0.05, 0) is 32.4 Å². The zero-order chi connectivity index (χ0) is 13.1. The van der Waals surface area contributed by atoms with Crippen LogP contribution in [0.2, 0.25) is 0 Å². The van der Waals surface area contributed by atoms with Crippen LogP contribution in [0.5, 0.6) is 0 Å². The van der Waals surface area contributed by atoms with Crippen molar-refractivity contribution in [2.75, 3.05) is 0 Å². The molecule has 1 aromatic heterocycles. The Kier molecular flexibility index (Phi) is 3.72. The fourth-order valence-electron chi connectivity index (χ4n) is 1.96. The quantitative estimate of drug-likeness (QED) is 0.900. The zero-order valence-electron chi connectivity index (χ0n) is 11.0. The van der Waals surface area contributed by atoms with E-state index < -0.39 is 6.10 Å². The first-order chi connectivity index (χ1) is 8.56. The Labute approximate surface area is 108 Å². The topological polar surface area (TPSA) is 46.0 Å². The molecule has 1 atom stereocenters. The van der Waals surface area contributed by atoms with Crippen molar-refractivity contribution >= 4 is 0 Å². The number of hydrogen-bond acceptors (Lipinski definition) is 3. The number of aliphatic hydroxyl groups excluding tert-OH is 1. The lowest BCUT2D eigenvalue weighted by molar-refractivity contribution is 0.177. The van der Waals surface area contributed by atoms with Gasteiger partial charge in [-0.2, -0.15) is 10.2 Å². The summed E-state index contributed by atoms with van der Waals surface area (Å²) in [5, 5.41) is 18.3. The van der Waals surface area contributed by atoms with Crippen molar-refractivity contribution in [1.29, 1.82) is 0 Å². The van der Waals surface area contributed by atoms with Crippen LogP contribution in [0.1, 0.15) is 34.2 Å². The van der Waals surface area contributed by atoms with E-state index in [4.69, 9.17) is 0 Å². The summed E-state index contributed by atoms with van der Waals surface area (Å²) in [6, 6.07) is 10.1. The molecule has 3 heteroatoms. The van der Waals surface area contributed by atoms with Crippen LogP contribution in [-0.2, 0) is 6.42 Å². The molecule has 1 unspecified atom stereocenters. The monoisotopic (exact) mass is 242 g/mol. The second-order valence-electron chi connectivity index (χ2n) is 4.73. The van der Waals surface area contributed by atoms with Gasteiger partial charge in [0.05, 0.1) is 17.5 Å². The summed E-state index contributed by atoms with van der Waals surface area (Å²) < 4.78 is 0. The molecule has 1 heterocycles. The summed E-state index contributed by atoms with van der Waals surface area (Å²) in [4.78, 5) is 0. The summed E-state index contributed by atoms with van der Waals surface area (Å²) in [6.07, 6.45) is 0.0774. The molecule has 0 aliphatic carbocycles. The van der Waals surface area contributed by atoms with E-state index in [1.807, 2.05) is 19.9 Å². The molecule has 0 saturated carbocycles. The van der Waals surface area contributed by atoms with Crippen LogP contribution in [0.25, 0.3) is 0 Å². The summed E-state index contributed by atoms with van der Waals surface area (Å²) in [6.45, 7) is 5.81. The number of aromatic nitrogens is 2. The molecule has 0 aliphatic rings. The van der Waals surface area contributed by atoms with E-state index in [0.717, 1.165) is 22.5 Å². The molecule has 1 N–H and O–H groups in total. The number of aliphatic hydroxyl groups is 1. The first-order valence-electron chi connectivity index (χ1n) is 6.10. The molecule has 2 aromatic rings. The minimum atomic E-state index is -0.526.